The maximum atomic E-state index is 12.3. The third-order valence-corrected chi connectivity index (χ3v) is 4.02. The molecule has 0 spiro atoms. The fraction of sp³-hybridized carbons (Fsp3) is 0.350. The molecule has 2 aromatic rings. The summed E-state index contributed by atoms with van der Waals surface area (Å²) in [5.41, 5.74) is 0.890. The Morgan fingerprint density at radius 3 is 2.72 bits per heavy atom. The first kappa shape index (κ1) is 23.0. The van der Waals surface area contributed by atoms with Crippen LogP contribution in [0.5, 0.6) is 17.2 Å². The molecule has 2 aromatic carbocycles. The predicted molar refractivity (Wildman–Crippen MR) is 118 cm³/mol. The van der Waals surface area contributed by atoms with E-state index in [4.69, 9.17) is 14.2 Å². The monoisotopic (exact) mass is 519 g/mol. The Labute approximate surface area is 185 Å². The van der Waals surface area contributed by atoms with E-state index < -0.39 is 13.0 Å². The number of aliphatic imine (C=N–C) groups is 1. The van der Waals surface area contributed by atoms with Crippen molar-refractivity contribution in [2.24, 2.45) is 4.99 Å². The van der Waals surface area contributed by atoms with Gasteiger partial charge in [-0.3, -0.25) is 4.99 Å². The topological polar surface area (TPSA) is 64.1 Å². The lowest BCUT2D eigenvalue weighted by molar-refractivity contribution is 0.0818. The van der Waals surface area contributed by atoms with Gasteiger partial charge in [-0.2, -0.15) is 0 Å². The van der Waals surface area contributed by atoms with Crippen LogP contribution in [0.4, 0.5) is 8.78 Å². The fourth-order valence-corrected chi connectivity index (χ4v) is 2.69. The minimum atomic E-state index is -2.50. The SMILES string of the molecule is CN=C(NCc1cccc(OCC(F)F)c1)NCC1COc2ccccc2O1.I. The fourth-order valence-electron chi connectivity index (χ4n) is 2.69. The van der Waals surface area contributed by atoms with Crippen molar-refractivity contribution in [2.45, 2.75) is 19.1 Å². The Kier molecular flexibility index (Phi) is 9.23. The molecule has 0 aromatic heterocycles. The molecule has 0 saturated heterocycles. The van der Waals surface area contributed by atoms with E-state index in [2.05, 4.69) is 15.6 Å². The van der Waals surface area contributed by atoms with Crippen molar-refractivity contribution in [3.05, 3.63) is 54.1 Å². The number of halogens is 3. The zero-order valence-electron chi connectivity index (χ0n) is 15.9. The number of hydrogen-bond acceptors (Lipinski definition) is 4. The first-order chi connectivity index (χ1) is 13.6. The molecule has 0 saturated carbocycles. The summed E-state index contributed by atoms with van der Waals surface area (Å²) in [4.78, 5) is 4.18. The van der Waals surface area contributed by atoms with E-state index in [1.54, 1.807) is 25.2 Å². The van der Waals surface area contributed by atoms with Crippen LogP contribution in [0.1, 0.15) is 5.56 Å². The molecule has 0 amide bonds. The molecule has 0 aliphatic carbocycles. The molecule has 6 nitrogen and oxygen atoms in total. The van der Waals surface area contributed by atoms with Gasteiger partial charge < -0.3 is 24.8 Å². The predicted octanol–water partition coefficient (Wildman–Crippen LogP) is 3.45. The number of nitrogens with one attached hydrogen (secondary N) is 2. The van der Waals surface area contributed by atoms with Gasteiger partial charge in [0.15, 0.2) is 17.5 Å². The van der Waals surface area contributed by atoms with Gasteiger partial charge in [0, 0.05) is 13.6 Å². The maximum Gasteiger partial charge on any atom is 0.272 e. The number of hydrogen-bond donors (Lipinski definition) is 2. The van der Waals surface area contributed by atoms with Crippen LogP contribution in [0.25, 0.3) is 0 Å². The van der Waals surface area contributed by atoms with Crippen molar-refractivity contribution in [3.63, 3.8) is 0 Å². The van der Waals surface area contributed by atoms with Gasteiger partial charge in [0.05, 0.1) is 6.54 Å². The van der Waals surface area contributed by atoms with E-state index in [9.17, 15) is 8.78 Å². The second-order valence-electron chi connectivity index (χ2n) is 6.15. The zero-order valence-corrected chi connectivity index (χ0v) is 18.3. The number of para-hydroxylation sites is 2. The van der Waals surface area contributed by atoms with Crippen LogP contribution in [0.3, 0.4) is 0 Å². The number of ether oxygens (including phenoxy) is 3. The van der Waals surface area contributed by atoms with Gasteiger partial charge in [0.1, 0.15) is 25.1 Å². The van der Waals surface area contributed by atoms with Gasteiger partial charge in [-0.15, -0.1) is 24.0 Å². The molecule has 3 rings (SSSR count). The van der Waals surface area contributed by atoms with Crippen molar-refractivity contribution in [1.82, 2.24) is 10.6 Å². The average Bonchev–Trinajstić information content (AvgIpc) is 2.72. The Morgan fingerprint density at radius 2 is 1.97 bits per heavy atom. The third kappa shape index (κ3) is 7.22. The van der Waals surface area contributed by atoms with Gasteiger partial charge in [0.25, 0.3) is 6.43 Å². The van der Waals surface area contributed by atoms with E-state index >= 15 is 0 Å². The van der Waals surface area contributed by atoms with Gasteiger partial charge in [-0.05, 0) is 29.8 Å². The second kappa shape index (κ2) is 11.6. The summed E-state index contributed by atoms with van der Waals surface area (Å²) in [6.07, 6.45) is -2.64. The molecule has 0 radical (unpaired) electrons. The highest BCUT2D eigenvalue weighted by molar-refractivity contribution is 14.0. The van der Waals surface area contributed by atoms with E-state index in [1.807, 2.05) is 30.3 Å². The third-order valence-electron chi connectivity index (χ3n) is 4.02. The Morgan fingerprint density at radius 1 is 1.17 bits per heavy atom. The minimum absolute atomic E-state index is 0. The summed E-state index contributed by atoms with van der Waals surface area (Å²) in [6.45, 7) is 0.819. The Hall–Kier alpha value is -2.30. The number of rotatable bonds is 7. The van der Waals surface area contributed by atoms with Crippen molar-refractivity contribution in [3.8, 4) is 17.2 Å². The smallest absolute Gasteiger partial charge is 0.272 e. The molecule has 1 atom stereocenters. The highest BCUT2D eigenvalue weighted by Crippen LogP contribution is 2.30. The van der Waals surface area contributed by atoms with E-state index in [0.29, 0.717) is 31.4 Å². The molecule has 158 valence electrons. The molecule has 0 bridgehead atoms. The van der Waals surface area contributed by atoms with Gasteiger partial charge in [-0.25, -0.2) is 8.78 Å². The summed E-state index contributed by atoms with van der Waals surface area (Å²) in [6, 6.07) is 14.6. The molecule has 1 aliphatic heterocycles. The number of benzene rings is 2. The van der Waals surface area contributed by atoms with E-state index in [1.165, 1.54) is 0 Å². The van der Waals surface area contributed by atoms with Crippen molar-refractivity contribution in [2.75, 3.05) is 26.8 Å². The lowest BCUT2D eigenvalue weighted by Crippen LogP contribution is -2.45. The number of alkyl halides is 2. The molecule has 29 heavy (non-hydrogen) atoms. The van der Waals surface area contributed by atoms with E-state index in [0.717, 1.165) is 17.1 Å². The van der Waals surface area contributed by atoms with Crippen LogP contribution < -0.4 is 24.8 Å². The van der Waals surface area contributed by atoms with Gasteiger partial charge >= 0.3 is 0 Å². The van der Waals surface area contributed by atoms with Crippen molar-refractivity contribution in [1.29, 1.82) is 0 Å². The standard InChI is InChI=1S/C20H23F2N3O3.HI/c1-23-20(24-10-14-5-4-6-15(9-14)26-13-19(21)22)25-11-16-12-27-17-7-2-3-8-18(17)28-16;/h2-9,16,19H,10-13H2,1H3,(H2,23,24,25);1H. The van der Waals surface area contributed by atoms with Crippen LogP contribution in [-0.4, -0.2) is 45.3 Å². The molecule has 1 heterocycles. The van der Waals surface area contributed by atoms with Crippen LogP contribution in [-0.2, 0) is 6.54 Å². The molecular formula is C20H24F2IN3O3. The second-order valence-corrected chi connectivity index (χ2v) is 6.15. The maximum absolute atomic E-state index is 12.3. The van der Waals surface area contributed by atoms with Crippen LogP contribution in [0.2, 0.25) is 0 Å². The molecular weight excluding hydrogens is 495 g/mol. The summed E-state index contributed by atoms with van der Waals surface area (Å²) in [5.74, 6) is 2.48. The van der Waals surface area contributed by atoms with Crippen LogP contribution >= 0.6 is 24.0 Å². The first-order valence-electron chi connectivity index (χ1n) is 8.97. The summed E-state index contributed by atoms with van der Waals surface area (Å²) in [7, 11) is 1.67. The lowest BCUT2D eigenvalue weighted by atomic mass is 10.2. The Bertz CT molecular complexity index is 808. The quantitative estimate of drug-likeness (QED) is 0.334. The highest BCUT2D eigenvalue weighted by Gasteiger charge is 2.20. The number of fused-ring (bicyclic) bond motifs is 1. The van der Waals surface area contributed by atoms with Crippen LogP contribution in [0.15, 0.2) is 53.5 Å². The van der Waals surface area contributed by atoms with Gasteiger partial charge in [0.2, 0.25) is 0 Å². The molecule has 1 unspecified atom stereocenters. The normalized spacial score (nSPS) is 15.4. The van der Waals surface area contributed by atoms with Crippen molar-refractivity contribution >= 4 is 29.9 Å². The molecule has 9 heteroatoms. The largest absolute Gasteiger partial charge is 0.488 e. The lowest BCUT2D eigenvalue weighted by Gasteiger charge is -2.27. The summed E-state index contributed by atoms with van der Waals surface area (Å²) >= 11 is 0. The van der Waals surface area contributed by atoms with E-state index in [-0.39, 0.29) is 30.1 Å². The first-order valence-corrected chi connectivity index (χ1v) is 8.97. The summed E-state index contributed by atoms with van der Waals surface area (Å²) < 4.78 is 41.2. The number of guanidine groups is 1. The highest BCUT2D eigenvalue weighted by atomic mass is 127. The van der Waals surface area contributed by atoms with Crippen LogP contribution in [0, 0.1) is 0 Å². The van der Waals surface area contributed by atoms with Crippen molar-refractivity contribution < 1.29 is 23.0 Å². The average molecular weight is 519 g/mol. The summed E-state index contributed by atoms with van der Waals surface area (Å²) in [5, 5.41) is 6.37. The number of nitrogens with zero attached hydrogens (tertiary/aromatic N) is 1. The molecule has 1 aliphatic rings. The van der Waals surface area contributed by atoms with Gasteiger partial charge in [-0.1, -0.05) is 24.3 Å². The minimum Gasteiger partial charge on any atom is -0.488 e. The molecule has 0 fully saturated rings. The molecule has 2 N–H and O–H groups in total. The zero-order chi connectivity index (χ0) is 19.8. The Balaban J connectivity index is 0.00000300.